The monoisotopic (exact) mass is 342 g/mol. The number of carboxylic acid groups (broad SMARTS) is 1. The maximum atomic E-state index is 12.3. The van der Waals surface area contributed by atoms with Gasteiger partial charge >= 0.3 is 5.97 Å². The summed E-state index contributed by atoms with van der Waals surface area (Å²) in [6.45, 7) is 0.851. The number of likely N-dealkylation sites (tertiary alicyclic amines) is 1. The predicted molar refractivity (Wildman–Crippen MR) is 89.4 cm³/mol. The van der Waals surface area contributed by atoms with Crippen molar-refractivity contribution in [1.29, 1.82) is 0 Å². The summed E-state index contributed by atoms with van der Waals surface area (Å²) in [5.41, 5.74) is 0.753. The first kappa shape index (κ1) is 16.8. The molecule has 0 unspecified atom stereocenters. The van der Waals surface area contributed by atoms with E-state index in [2.05, 4.69) is 5.32 Å². The van der Waals surface area contributed by atoms with Crippen LogP contribution >= 0.6 is 0 Å². The second-order valence-electron chi connectivity index (χ2n) is 5.89. The molecule has 0 radical (unpaired) electrons. The van der Waals surface area contributed by atoms with Gasteiger partial charge in [-0.3, -0.25) is 9.59 Å². The normalized spacial score (nSPS) is 15.0. The Hall–Kier alpha value is -3.09. The zero-order valence-corrected chi connectivity index (χ0v) is 13.5. The second-order valence-corrected chi connectivity index (χ2v) is 5.89. The summed E-state index contributed by atoms with van der Waals surface area (Å²) >= 11 is 0. The van der Waals surface area contributed by atoms with Gasteiger partial charge in [-0.05, 0) is 37.1 Å². The minimum atomic E-state index is -1.21. The summed E-state index contributed by atoms with van der Waals surface area (Å²) in [4.78, 5) is 37.0. The molecule has 0 bridgehead atoms. The summed E-state index contributed by atoms with van der Waals surface area (Å²) in [7, 11) is 0. The number of carboxylic acids is 1. The molecule has 1 aromatic carbocycles. The van der Waals surface area contributed by atoms with Crippen molar-refractivity contribution in [1.82, 2.24) is 4.90 Å². The van der Waals surface area contributed by atoms with Crippen LogP contribution in [0, 0.1) is 5.92 Å². The van der Waals surface area contributed by atoms with Gasteiger partial charge in [0.15, 0.2) is 5.76 Å². The van der Waals surface area contributed by atoms with Crippen molar-refractivity contribution >= 4 is 23.5 Å². The number of benzene rings is 1. The van der Waals surface area contributed by atoms with E-state index in [-0.39, 0.29) is 29.3 Å². The van der Waals surface area contributed by atoms with Crippen molar-refractivity contribution in [3.63, 3.8) is 0 Å². The van der Waals surface area contributed by atoms with Crippen LogP contribution < -0.4 is 5.32 Å². The predicted octanol–water partition coefficient (Wildman–Crippen LogP) is 2.47. The van der Waals surface area contributed by atoms with Crippen molar-refractivity contribution in [2.75, 3.05) is 18.4 Å². The molecule has 1 aromatic heterocycles. The molecule has 2 heterocycles. The maximum absolute atomic E-state index is 12.3. The molecule has 0 saturated carbocycles. The van der Waals surface area contributed by atoms with E-state index in [4.69, 9.17) is 9.52 Å². The van der Waals surface area contributed by atoms with Crippen LogP contribution in [0.4, 0.5) is 5.69 Å². The molecule has 1 aliphatic rings. The average molecular weight is 342 g/mol. The van der Waals surface area contributed by atoms with Crippen molar-refractivity contribution in [2.45, 2.75) is 12.8 Å². The lowest BCUT2D eigenvalue weighted by molar-refractivity contribution is -0.121. The van der Waals surface area contributed by atoms with Gasteiger partial charge in [0, 0.05) is 24.7 Å². The molecule has 2 aromatic rings. The molecule has 3 rings (SSSR count). The highest BCUT2D eigenvalue weighted by Gasteiger charge is 2.29. The second kappa shape index (κ2) is 7.21. The van der Waals surface area contributed by atoms with Gasteiger partial charge in [-0.2, -0.15) is 0 Å². The molecule has 2 amide bonds. The number of carbonyl (C=O) groups excluding carboxylic acids is 2. The number of para-hydroxylation sites is 1. The van der Waals surface area contributed by atoms with Crippen LogP contribution in [-0.4, -0.2) is 40.9 Å². The van der Waals surface area contributed by atoms with E-state index in [1.54, 1.807) is 4.90 Å². The van der Waals surface area contributed by atoms with E-state index in [0.29, 0.717) is 25.9 Å². The smallest absolute Gasteiger partial charge is 0.371 e. The summed E-state index contributed by atoms with van der Waals surface area (Å²) in [5.74, 6) is -2.03. The third kappa shape index (κ3) is 3.88. The fourth-order valence-electron chi connectivity index (χ4n) is 2.83. The first-order chi connectivity index (χ1) is 12.0. The molecule has 0 spiro atoms. The van der Waals surface area contributed by atoms with Crippen LogP contribution in [0.15, 0.2) is 46.9 Å². The van der Waals surface area contributed by atoms with Gasteiger partial charge in [-0.15, -0.1) is 0 Å². The Morgan fingerprint density at radius 1 is 1.00 bits per heavy atom. The van der Waals surface area contributed by atoms with Gasteiger partial charge in [-0.1, -0.05) is 18.2 Å². The lowest BCUT2D eigenvalue weighted by Crippen LogP contribution is -2.41. The highest BCUT2D eigenvalue weighted by Crippen LogP contribution is 2.21. The van der Waals surface area contributed by atoms with Crippen LogP contribution in [0.25, 0.3) is 0 Å². The molecule has 0 atom stereocenters. The third-order valence-electron chi connectivity index (χ3n) is 4.22. The van der Waals surface area contributed by atoms with E-state index in [1.807, 2.05) is 30.3 Å². The Balaban J connectivity index is 1.55. The van der Waals surface area contributed by atoms with Crippen LogP contribution in [0.3, 0.4) is 0 Å². The number of nitrogens with zero attached hydrogens (tertiary/aromatic N) is 1. The Morgan fingerprint density at radius 2 is 1.64 bits per heavy atom. The SMILES string of the molecule is O=C(O)c1ccc(C(=O)N2CCC(C(=O)Nc3ccccc3)CC2)o1. The van der Waals surface area contributed by atoms with E-state index in [0.717, 1.165) is 5.69 Å². The zero-order valence-electron chi connectivity index (χ0n) is 13.5. The average Bonchev–Trinajstić information content (AvgIpc) is 3.12. The fourth-order valence-corrected chi connectivity index (χ4v) is 2.83. The number of amides is 2. The summed E-state index contributed by atoms with van der Waals surface area (Å²) in [6.07, 6.45) is 1.10. The Morgan fingerprint density at radius 3 is 2.24 bits per heavy atom. The first-order valence-electron chi connectivity index (χ1n) is 8.03. The molecule has 1 aliphatic heterocycles. The van der Waals surface area contributed by atoms with Gasteiger partial charge in [0.2, 0.25) is 11.7 Å². The number of furan rings is 1. The van der Waals surface area contributed by atoms with Crippen LogP contribution in [0.1, 0.15) is 34.0 Å². The first-order valence-corrected chi connectivity index (χ1v) is 8.03. The molecular weight excluding hydrogens is 324 g/mol. The topological polar surface area (TPSA) is 99.9 Å². The summed E-state index contributed by atoms with van der Waals surface area (Å²) in [5, 5.41) is 11.7. The molecule has 1 fully saturated rings. The highest BCUT2D eigenvalue weighted by molar-refractivity contribution is 5.95. The molecule has 7 nitrogen and oxygen atoms in total. The number of anilines is 1. The Labute approximate surface area is 144 Å². The van der Waals surface area contributed by atoms with Crippen molar-refractivity contribution in [3.8, 4) is 0 Å². The number of piperidine rings is 1. The lowest BCUT2D eigenvalue weighted by atomic mass is 9.95. The zero-order chi connectivity index (χ0) is 17.8. The number of rotatable bonds is 4. The molecule has 7 heteroatoms. The van der Waals surface area contributed by atoms with E-state index in [9.17, 15) is 14.4 Å². The van der Waals surface area contributed by atoms with E-state index in [1.165, 1.54) is 12.1 Å². The Bertz CT molecular complexity index is 776. The van der Waals surface area contributed by atoms with Gasteiger partial charge in [0.25, 0.3) is 5.91 Å². The Kier molecular flexibility index (Phi) is 4.83. The van der Waals surface area contributed by atoms with Gasteiger partial charge in [0.05, 0.1) is 0 Å². The lowest BCUT2D eigenvalue weighted by Gasteiger charge is -2.30. The molecule has 0 aliphatic carbocycles. The molecule has 25 heavy (non-hydrogen) atoms. The van der Waals surface area contributed by atoms with Gasteiger partial charge in [0.1, 0.15) is 0 Å². The quantitative estimate of drug-likeness (QED) is 0.889. The number of hydrogen-bond acceptors (Lipinski definition) is 4. The van der Waals surface area contributed by atoms with Crippen LogP contribution in [-0.2, 0) is 4.79 Å². The van der Waals surface area contributed by atoms with Crippen molar-refractivity contribution in [2.24, 2.45) is 5.92 Å². The molecule has 130 valence electrons. The largest absolute Gasteiger partial charge is 0.475 e. The van der Waals surface area contributed by atoms with Gasteiger partial charge < -0.3 is 19.7 Å². The van der Waals surface area contributed by atoms with Crippen molar-refractivity contribution in [3.05, 3.63) is 54.0 Å². The van der Waals surface area contributed by atoms with Crippen LogP contribution in [0.5, 0.6) is 0 Å². The standard InChI is InChI=1S/C18H18N2O5/c21-16(19-13-4-2-1-3-5-13)12-8-10-20(11-9-12)17(22)14-6-7-15(25-14)18(23)24/h1-7,12H,8-11H2,(H,19,21)(H,23,24). The number of aromatic carboxylic acids is 1. The van der Waals surface area contributed by atoms with E-state index >= 15 is 0 Å². The summed E-state index contributed by atoms with van der Waals surface area (Å²) < 4.78 is 5.04. The molecule has 1 saturated heterocycles. The fraction of sp³-hybridized carbons (Fsp3) is 0.278. The highest BCUT2D eigenvalue weighted by atomic mass is 16.4. The molecular formula is C18H18N2O5. The minimum absolute atomic E-state index is 0.00425. The molecule has 2 N–H and O–H groups in total. The van der Waals surface area contributed by atoms with E-state index < -0.39 is 5.97 Å². The minimum Gasteiger partial charge on any atom is -0.475 e. The number of hydrogen-bond donors (Lipinski definition) is 2. The van der Waals surface area contributed by atoms with Crippen molar-refractivity contribution < 1.29 is 23.9 Å². The van der Waals surface area contributed by atoms with Crippen LogP contribution in [0.2, 0.25) is 0 Å². The number of carbonyl (C=O) groups is 3. The maximum Gasteiger partial charge on any atom is 0.371 e. The van der Waals surface area contributed by atoms with Gasteiger partial charge in [-0.25, -0.2) is 4.79 Å². The number of nitrogens with one attached hydrogen (secondary N) is 1. The third-order valence-corrected chi connectivity index (χ3v) is 4.22. The summed E-state index contributed by atoms with van der Waals surface area (Å²) in [6, 6.07) is 11.9.